The Kier molecular flexibility index (Phi) is 3.71. The predicted molar refractivity (Wildman–Crippen MR) is 62.1 cm³/mol. The summed E-state index contributed by atoms with van der Waals surface area (Å²) in [4.78, 5) is 4.08. The third-order valence-corrected chi connectivity index (χ3v) is 2.56. The highest BCUT2D eigenvalue weighted by atomic mass is 35.5. The van der Waals surface area contributed by atoms with Crippen LogP contribution in [0.25, 0.3) is 11.5 Å². The van der Waals surface area contributed by atoms with Gasteiger partial charge in [0.1, 0.15) is 5.82 Å². The molecule has 0 unspecified atom stereocenters. The molecule has 2 N–H and O–H groups in total. The van der Waals surface area contributed by atoms with E-state index in [-0.39, 0.29) is 16.5 Å². The van der Waals surface area contributed by atoms with Crippen LogP contribution in [0, 0.1) is 5.82 Å². The first kappa shape index (κ1) is 12.0. The highest BCUT2D eigenvalue weighted by Gasteiger charge is 2.16. The molecule has 1 heterocycles. The Balaban J connectivity index is 2.30. The van der Waals surface area contributed by atoms with Crippen LogP contribution >= 0.6 is 11.6 Å². The summed E-state index contributed by atoms with van der Waals surface area (Å²) in [6.45, 7) is 0.546. The van der Waals surface area contributed by atoms with Crippen LogP contribution in [-0.2, 0) is 6.42 Å². The Labute approximate surface area is 103 Å². The molecule has 0 saturated heterocycles. The summed E-state index contributed by atoms with van der Waals surface area (Å²) in [5.41, 5.74) is 5.51. The van der Waals surface area contributed by atoms with Gasteiger partial charge in [-0.1, -0.05) is 22.8 Å². The Bertz CT molecular complexity index is 495. The van der Waals surface area contributed by atoms with E-state index in [1.807, 2.05) is 0 Å². The quantitative estimate of drug-likeness (QED) is 0.911. The number of halogens is 2. The van der Waals surface area contributed by atoms with Crippen molar-refractivity contribution >= 4 is 11.6 Å². The van der Waals surface area contributed by atoms with Gasteiger partial charge in [0, 0.05) is 6.42 Å². The highest BCUT2D eigenvalue weighted by Crippen LogP contribution is 2.29. The number of benzene rings is 1. The van der Waals surface area contributed by atoms with E-state index in [9.17, 15) is 4.39 Å². The van der Waals surface area contributed by atoms with E-state index in [1.165, 1.54) is 12.1 Å². The molecule has 90 valence electrons. The molecule has 2 rings (SSSR count). The summed E-state index contributed by atoms with van der Waals surface area (Å²) in [6, 6.07) is 4.39. The largest absolute Gasteiger partial charge is 0.334 e. The standard InChI is InChI=1S/C11H11ClFN3O/c12-7-3-1-4-8(13)10(7)11-15-9(16-17-11)5-2-6-14/h1,3-4H,2,5-6,14H2. The molecular formula is C11H11ClFN3O. The van der Waals surface area contributed by atoms with Crippen molar-refractivity contribution in [3.8, 4) is 11.5 Å². The van der Waals surface area contributed by atoms with Gasteiger partial charge < -0.3 is 10.3 Å². The fraction of sp³-hybridized carbons (Fsp3) is 0.273. The highest BCUT2D eigenvalue weighted by molar-refractivity contribution is 6.33. The molecule has 0 aliphatic carbocycles. The first-order chi connectivity index (χ1) is 8.22. The maximum atomic E-state index is 13.6. The van der Waals surface area contributed by atoms with Crippen LogP contribution in [0.1, 0.15) is 12.2 Å². The van der Waals surface area contributed by atoms with Gasteiger partial charge in [-0.05, 0) is 25.1 Å². The van der Waals surface area contributed by atoms with Crippen LogP contribution in [0.2, 0.25) is 5.02 Å². The Morgan fingerprint density at radius 1 is 1.41 bits per heavy atom. The van der Waals surface area contributed by atoms with E-state index in [1.54, 1.807) is 6.07 Å². The second-order valence-electron chi connectivity index (χ2n) is 3.50. The molecule has 1 aromatic carbocycles. The van der Waals surface area contributed by atoms with E-state index < -0.39 is 5.82 Å². The summed E-state index contributed by atoms with van der Waals surface area (Å²) in [5.74, 6) is 0.122. The average molecular weight is 256 g/mol. The normalized spacial score (nSPS) is 10.8. The van der Waals surface area contributed by atoms with Gasteiger partial charge in [-0.3, -0.25) is 0 Å². The first-order valence-corrected chi connectivity index (χ1v) is 5.57. The van der Waals surface area contributed by atoms with Crippen LogP contribution in [-0.4, -0.2) is 16.7 Å². The number of hydrogen-bond acceptors (Lipinski definition) is 4. The van der Waals surface area contributed by atoms with Crippen molar-refractivity contribution in [2.75, 3.05) is 6.54 Å². The second-order valence-corrected chi connectivity index (χ2v) is 3.91. The lowest BCUT2D eigenvalue weighted by atomic mass is 10.2. The Morgan fingerprint density at radius 2 is 2.24 bits per heavy atom. The average Bonchev–Trinajstić information content (AvgIpc) is 2.75. The van der Waals surface area contributed by atoms with Gasteiger partial charge in [0.05, 0.1) is 10.6 Å². The lowest BCUT2D eigenvalue weighted by molar-refractivity contribution is 0.419. The lowest BCUT2D eigenvalue weighted by Crippen LogP contribution is -2.01. The minimum absolute atomic E-state index is 0.0973. The monoisotopic (exact) mass is 255 g/mol. The van der Waals surface area contributed by atoms with Crippen molar-refractivity contribution in [3.05, 3.63) is 34.9 Å². The van der Waals surface area contributed by atoms with Crippen LogP contribution in [0.15, 0.2) is 22.7 Å². The molecule has 0 amide bonds. The molecule has 4 nitrogen and oxygen atoms in total. The van der Waals surface area contributed by atoms with Crippen molar-refractivity contribution in [2.45, 2.75) is 12.8 Å². The van der Waals surface area contributed by atoms with Crippen LogP contribution < -0.4 is 5.73 Å². The molecule has 1 aromatic heterocycles. The van der Waals surface area contributed by atoms with Gasteiger partial charge in [0.15, 0.2) is 5.82 Å². The summed E-state index contributed by atoms with van der Waals surface area (Å²) < 4.78 is 18.5. The van der Waals surface area contributed by atoms with Crippen molar-refractivity contribution < 1.29 is 8.91 Å². The molecule has 0 aliphatic rings. The minimum Gasteiger partial charge on any atom is -0.334 e. The molecule has 0 spiro atoms. The minimum atomic E-state index is -0.480. The van der Waals surface area contributed by atoms with Crippen LogP contribution in [0.3, 0.4) is 0 Å². The fourth-order valence-electron chi connectivity index (χ4n) is 1.42. The first-order valence-electron chi connectivity index (χ1n) is 5.19. The van der Waals surface area contributed by atoms with E-state index in [2.05, 4.69) is 10.1 Å². The van der Waals surface area contributed by atoms with Gasteiger partial charge in [-0.15, -0.1) is 0 Å². The second kappa shape index (κ2) is 5.25. The summed E-state index contributed by atoms with van der Waals surface area (Å²) >= 11 is 5.89. The van der Waals surface area contributed by atoms with Crippen molar-refractivity contribution in [1.29, 1.82) is 0 Å². The van der Waals surface area contributed by atoms with Gasteiger partial charge >= 0.3 is 0 Å². The molecule has 0 fully saturated rings. The molecule has 0 atom stereocenters. The van der Waals surface area contributed by atoms with E-state index in [0.717, 1.165) is 6.42 Å². The topological polar surface area (TPSA) is 64.9 Å². The number of aromatic nitrogens is 2. The van der Waals surface area contributed by atoms with Gasteiger partial charge in [-0.2, -0.15) is 4.98 Å². The van der Waals surface area contributed by atoms with Crippen LogP contribution in [0.5, 0.6) is 0 Å². The van der Waals surface area contributed by atoms with Crippen molar-refractivity contribution in [2.24, 2.45) is 5.73 Å². The van der Waals surface area contributed by atoms with Crippen LogP contribution in [0.4, 0.5) is 4.39 Å². The lowest BCUT2D eigenvalue weighted by Gasteiger charge is -1.98. The number of hydrogen-bond donors (Lipinski definition) is 1. The molecule has 2 aromatic rings. The van der Waals surface area contributed by atoms with E-state index in [4.69, 9.17) is 21.9 Å². The molecule has 6 heteroatoms. The maximum Gasteiger partial charge on any atom is 0.262 e. The maximum absolute atomic E-state index is 13.6. The number of nitrogens with zero attached hydrogens (tertiary/aromatic N) is 2. The van der Waals surface area contributed by atoms with Gasteiger partial charge in [0.25, 0.3) is 5.89 Å². The molecule has 0 saturated carbocycles. The van der Waals surface area contributed by atoms with E-state index >= 15 is 0 Å². The third kappa shape index (κ3) is 2.62. The zero-order valence-corrected chi connectivity index (χ0v) is 9.75. The SMILES string of the molecule is NCCCc1noc(-c2c(F)cccc2Cl)n1. The summed E-state index contributed by atoms with van der Waals surface area (Å²) in [5, 5.41) is 3.99. The third-order valence-electron chi connectivity index (χ3n) is 2.25. The fourth-order valence-corrected chi connectivity index (χ4v) is 1.66. The van der Waals surface area contributed by atoms with Gasteiger partial charge in [-0.25, -0.2) is 4.39 Å². The van der Waals surface area contributed by atoms with Crippen molar-refractivity contribution in [1.82, 2.24) is 10.1 Å². The van der Waals surface area contributed by atoms with Gasteiger partial charge in [0.2, 0.25) is 0 Å². The van der Waals surface area contributed by atoms with E-state index in [0.29, 0.717) is 18.8 Å². The molecule has 0 radical (unpaired) electrons. The smallest absolute Gasteiger partial charge is 0.262 e. The Morgan fingerprint density at radius 3 is 2.94 bits per heavy atom. The zero-order valence-electron chi connectivity index (χ0n) is 8.99. The summed E-state index contributed by atoms with van der Waals surface area (Å²) in [6.07, 6.45) is 1.36. The van der Waals surface area contributed by atoms with Crippen molar-refractivity contribution in [3.63, 3.8) is 0 Å². The summed E-state index contributed by atoms with van der Waals surface area (Å²) in [7, 11) is 0. The Hall–Kier alpha value is -1.46. The molecule has 0 bridgehead atoms. The zero-order chi connectivity index (χ0) is 12.3. The number of rotatable bonds is 4. The molecule has 17 heavy (non-hydrogen) atoms. The predicted octanol–water partition coefficient (Wildman–Crippen LogP) is 2.42. The number of aryl methyl sites for hydroxylation is 1. The molecule has 0 aliphatic heterocycles. The molecular weight excluding hydrogens is 245 g/mol. The number of nitrogens with two attached hydrogens (primary N) is 1.